The van der Waals surface area contributed by atoms with Crippen LogP contribution in [-0.4, -0.2) is 21.1 Å². The summed E-state index contributed by atoms with van der Waals surface area (Å²) in [5, 5.41) is 13.2. The number of carboxylic acid groups (broad SMARTS) is 1. The first-order chi connectivity index (χ1) is 10.2. The zero-order chi connectivity index (χ0) is 14.4. The maximum absolute atomic E-state index is 11.0. The van der Waals surface area contributed by atoms with Gasteiger partial charge in [0.2, 0.25) is 0 Å². The topological polar surface area (TPSA) is 66.6 Å². The number of fused-ring (bicyclic) bond motifs is 1. The Kier molecular flexibility index (Phi) is 2.82. The summed E-state index contributed by atoms with van der Waals surface area (Å²) in [7, 11) is 0. The first-order valence-electron chi connectivity index (χ1n) is 7.22. The fourth-order valence-corrected chi connectivity index (χ4v) is 2.91. The van der Waals surface area contributed by atoms with Crippen molar-refractivity contribution in [2.45, 2.75) is 38.4 Å². The Morgan fingerprint density at radius 2 is 2.10 bits per heavy atom. The van der Waals surface area contributed by atoms with Crippen LogP contribution in [0.25, 0.3) is 0 Å². The third-order valence-corrected chi connectivity index (χ3v) is 4.19. The number of rotatable bonds is 4. The van der Waals surface area contributed by atoms with Gasteiger partial charge in [-0.2, -0.15) is 0 Å². The lowest BCUT2D eigenvalue weighted by Crippen LogP contribution is -2.15. The normalized spacial score (nSPS) is 17.9. The second-order valence-electron chi connectivity index (χ2n) is 5.93. The maximum Gasteiger partial charge on any atom is 0.335 e. The molecular weight excluding hydrogens is 268 g/mol. The van der Waals surface area contributed by atoms with Crippen molar-refractivity contribution in [3.05, 3.63) is 52.4 Å². The lowest BCUT2D eigenvalue weighted by atomic mass is 10.1. The molecule has 21 heavy (non-hydrogen) atoms. The largest absolute Gasteiger partial charge is 0.478 e. The highest BCUT2D eigenvalue weighted by molar-refractivity contribution is 5.87. The molecule has 1 aromatic heterocycles. The molecule has 0 saturated heterocycles. The molecule has 1 aliphatic heterocycles. The summed E-state index contributed by atoms with van der Waals surface area (Å²) in [5.41, 5.74) is 3.72. The van der Waals surface area contributed by atoms with Gasteiger partial charge >= 0.3 is 5.97 Å². The van der Waals surface area contributed by atoms with Gasteiger partial charge in [-0.05, 0) is 36.1 Å². The third-order valence-electron chi connectivity index (χ3n) is 4.19. The molecule has 0 bridgehead atoms. The van der Waals surface area contributed by atoms with Crippen molar-refractivity contribution in [3.63, 3.8) is 0 Å². The summed E-state index contributed by atoms with van der Waals surface area (Å²) in [4.78, 5) is 13.3. The molecule has 0 atom stereocenters. The second-order valence-corrected chi connectivity index (χ2v) is 5.93. The van der Waals surface area contributed by atoms with E-state index in [1.54, 1.807) is 12.1 Å². The van der Waals surface area contributed by atoms with E-state index in [9.17, 15) is 4.79 Å². The highest BCUT2D eigenvalue weighted by Crippen LogP contribution is 2.39. The molecule has 0 amide bonds. The molecule has 108 valence electrons. The zero-order valence-electron chi connectivity index (χ0n) is 11.6. The number of nitrogens with zero attached hydrogens (tertiary/aromatic N) is 2. The van der Waals surface area contributed by atoms with Gasteiger partial charge in [-0.1, -0.05) is 11.2 Å². The number of aromatic nitrogens is 1. The van der Waals surface area contributed by atoms with Gasteiger partial charge in [0.1, 0.15) is 0 Å². The molecule has 2 heterocycles. The van der Waals surface area contributed by atoms with Gasteiger partial charge in [0.05, 0.1) is 17.8 Å². The van der Waals surface area contributed by atoms with Crippen molar-refractivity contribution in [1.82, 2.24) is 10.1 Å². The van der Waals surface area contributed by atoms with E-state index in [2.05, 4.69) is 16.1 Å². The smallest absolute Gasteiger partial charge is 0.335 e. The van der Waals surface area contributed by atoms with Crippen LogP contribution in [0.2, 0.25) is 0 Å². The van der Waals surface area contributed by atoms with Crippen LogP contribution in [-0.2, 0) is 19.6 Å². The Morgan fingerprint density at radius 1 is 1.29 bits per heavy atom. The van der Waals surface area contributed by atoms with Gasteiger partial charge in [0.15, 0.2) is 5.76 Å². The number of hydrogen-bond acceptors (Lipinski definition) is 4. The Labute approximate surface area is 122 Å². The Hall–Kier alpha value is -2.14. The molecule has 1 fully saturated rings. The summed E-state index contributed by atoms with van der Waals surface area (Å²) in [6.45, 7) is 2.31. The standard InChI is InChI=1S/C16H16N2O3/c19-16(20)11-3-4-12-7-18(8-13(12)5-11)9-14-6-15(17-21-14)10-1-2-10/h3-6,10H,1-2,7-9H2,(H,19,20). The molecule has 5 heteroatoms. The highest BCUT2D eigenvalue weighted by atomic mass is 16.5. The number of benzene rings is 1. The molecule has 0 radical (unpaired) electrons. The van der Waals surface area contributed by atoms with Gasteiger partial charge in [-0.25, -0.2) is 4.79 Å². The van der Waals surface area contributed by atoms with Crippen LogP contribution < -0.4 is 0 Å². The van der Waals surface area contributed by atoms with Crippen LogP contribution in [0.15, 0.2) is 28.8 Å². The van der Waals surface area contributed by atoms with Crippen LogP contribution in [0, 0.1) is 0 Å². The predicted octanol–water partition coefficient (Wildman–Crippen LogP) is 2.77. The molecule has 1 N–H and O–H groups in total. The molecule has 2 aromatic rings. The van der Waals surface area contributed by atoms with Crippen LogP contribution in [0.1, 0.15) is 51.7 Å². The average Bonchev–Trinajstić information content (AvgIpc) is 3.07. The van der Waals surface area contributed by atoms with E-state index in [0.29, 0.717) is 11.5 Å². The SMILES string of the molecule is O=C(O)c1ccc2c(c1)CN(Cc1cc(C3CC3)no1)C2. The van der Waals surface area contributed by atoms with Crippen LogP contribution >= 0.6 is 0 Å². The van der Waals surface area contributed by atoms with E-state index in [1.807, 2.05) is 6.07 Å². The molecule has 0 unspecified atom stereocenters. The van der Waals surface area contributed by atoms with Crippen molar-refractivity contribution in [2.75, 3.05) is 0 Å². The van der Waals surface area contributed by atoms with Crippen LogP contribution in [0.4, 0.5) is 0 Å². The van der Waals surface area contributed by atoms with Gasteiger partial charge in [-0.3, -0.25) is 4.90 Å². The van der Waals surface area contributed by atoms with Gasteiger partial charge in [0.25, 0.3) is 0 Å². The van der Waals surface area contributed by atoms with E-state index >= 15 is 0 Å². The molecule has 5 nitrogen and oxygen atoms in total. The molecule has 1 aliphatic carbocycles. The number of hydrogen-bond donors (Lipinski definition) is 1. The first-order valence-corrected chi connectivity index (χ1v) is 7.22. The van der Waals surface area contributed by atoms with E-state index in [-0.39, 0.29) is 0 Å². The predicted molar refractivity (Wildman–Crippen MR) is 74.8 cm³/mol. The summed E-state index contributed by atoms with van der Waals surface area (Å²) < 4.78 is 5.40. The molecule has 2 aliphatic rings. The Bertz CT molecular complexity index is 703. The highest BCUT2D eigenvalue weighted by Gasteiger charge is 2.28. The van der Waals surface area contributed by atoms with Crippen molar-refractivity contribution >= 4 is 5.97 Å². The Morgan fingerprint density at radius 3 is 2.86 bits per heavy atom. The maximum atomic E-state index is 11.0. The lowest BCUT2D eigenvalue weighted by molar-refractivity contribution is 0.0696. The summed E-state index contributed by atoms with van der Waals surface area (Å²) in [5.74, 6) is 0.625. The Balaban J connectivity index is 1.46. The second kappa shape index (κ2) is 4.70. The van der Waals surface area contributed by atoms with Crippen LogP contribution in [0.5, 0.6) is 0 Å². The summed E-state index contributed by atoms with van der Waals surface area (Å²) in [6, 6.07) is 7.41. The van der Waals surface area contributed by atoms with E-state index in [0.717, 1.165) is 36.7 Å². The number of aromatic carboxylic acids is 1. The van der Waals surface area contributed by atoms with Crippen molar-refractivity contribution in [2.24, 2.45) is 0 Å². The minimum Gasteiger partial charge on any atom is -0.478 e. The van der Waals surface area contributed by atoms with Gasteiger partial charge in [-0.15, -0.1) is 0 Å². The fourth-order valence-electron chi connectivity index (χ4n) is 2.91. The minimum absolute atomic E-state index is 0.353. The van der Waals surface area contributed by atoms with Crippen molar-refractivity contribution < 1.29 is 14.4 Å². The molecule has 1 saturated carbocycles. The summed E-state index contributed by atoms with van der Waals surface area (Å²) in [6.07, 6.45) is 2.44. The fraction of sp³-hybridized carbons (Fsp3) is 0.375. The van der Waals surface area contributed by atoms with E-state index in [1.165, 1.54) is 18.4 Å². The van der Waals surface area contributed by atoms with Gasteiger partial charge in [0, 0.05) is 25.1 Å². The van der Waals surface area contributed by atoms with Crippen molar-refractivity contribution in [3.8, 4) is 0 Å². The molecule has 4 rings (SSSR count). The lowest BCUT2D eigenvalue weighted by Gasteiger charge is -2.11. The van der Waals surface area contributed by atoms with E-state index < -0.39 is 5.97 Å². The minimum atomic E-state index is -0.874. The third kappa shape index (κ3) is 2.45. The van der Waals surface area contributed by atoms with E-state index in [4.69, 9.17) is 9.63 Å². The first kappa shape index (κ1) is 12.6. The zero-order valence-corrected chi connectivity index (χ0v) is 11.6. The quantitative estimate of drug-likeness (QED) is 0.935. The number of carbonyl (C=O) groups is 1. The number of carboxylic acids is 1. The average molecular weight is 284 g/mol. The van der Waals surface area contributed by atoms with Crippen LogP contribution in [0.3, 0.4) is 0 Å². The van der Waals surface area contributed by atoms with Gasteiger partial charge < -0.3 is 9.63 Å². The summed E-state index contributed by atoms with van der Waals surface area (Å²) >= 11 is 0. The molecular formula is C16H16N2O3. The molecule has 1 aromatic carbocycles. The van der Waals surface area contributed by atoms with Crippen molar-refractivity contribution in [1.29, 1.82) is 0 Å². The monoisotopic (exact) mass is 284 g/mol. The molecule has 0 spiro atoms.